The molecule has 1 atom stereocenters. The number of sulfonamides is 1. The van der Waals surface area contributed by atoms with Crippen molar-refractivity contribution in [2.45, 2.75) is 18.1 Å². The van der Waals surface area contributed by atoms with Gasteiger partial charge in [0.1, 0.15) is 0 Å². The Bertz CT molecular complexity index is 716. The quantitative estimate of drug-likeness (QED) is 0.756. The van der Waals surface area contributed by atoms with Gasteiger partial charge in [0.15, 0.2) is 0 Å². The average molecular weight is 375 g/mol. The number of benzene rings is 2. The first kappa shape index (κ1) is 16.7. The molecule has 0 fully saturated rings. The molecule has 3 nitrogen and oxygen atoms in total. The minimum atomic E-state index is -3.41. The fraction of sp³-hybridized carbons (Fsp3) is 0.188. The summed E-state index contributed by atoms with van der Waals surface area (Å²) in [4.78, 5) is 0. The summed E-state index contributed by atoms with van der Waals surface area (Å²) in [5.74, 6) is 0. The van der Waals surface area contributed by atoms with Crippen LogP contribution in [-0.4, -0.2) is 13.7 Å². The van der Waals surface area contributed by atoms with Crippen LogP contribution in [0.25, 0.3) is 0 Å². The second-order valence-corrected chi connectivity index (χ2v) is 6.95. The molecule has 0 amide bonds. The summed E-state index contributed by atoms with van der Waals surface area (Å²) in [6, 6.07) is 16.9. The van der Waals surface area contributed by atoms with Crippen LogP contribution in [0.5, 0.6) is 0 Å². The molecule has 107 valence electrons. The van der Waals surface area contributed by atoms with Crippen molar-refractivity contribution in [3.05, 3.63) is 67.1 Å². The van der Waals surface area contributed by atoms with E-state index >= 15 is 0 Å². The van der Waals surface area contributed by atoms with Crippen LogP contribution in [0.2, 0.25) is 0 Å². The van der Waals surface area contributed by atoms with Crippen molar-refractivity contribution >= 4 is 21.4 Å². The number of anilines is 2. The molecule has 3 rings (SSSR count). The topological polar surface area (TPSA) is 37.4 Å². The van der Waals surface area contributed by atoms with Gasteiger partial charge in [-0.15, -0.1) is 0 Å². The zero-order valence-corrected chi connectivity index (χ0v) is 15.3. The fourth-order valence-corrected chi connectivity index (χ4v) is 4.47. The largest absolute Gasteiger partial charge is 0.342 e. The summed E-state index contributed by atoms with van der Waals surface area (Å²) >= 11 is 0. The third-order valence-corrected chi connectivity index (χ3v) is 5.81. The summed E-state index contributed by atoms with van der Waals surface area (Å²) in [6.45, 7) is 3.80. The SMILES string of the molecule is [CH2-]CC1Cc2ccccc2N(c2ccccc2)S1(=O)=O.[Y]. The molecule has 0 aliphatic carbocycles. The predicted molar refractivity (Wildman–Crippen MR) is 81.4 cm³/mol. The molecule has 21 heavy (non-hydrogen) atoms. The van der Waals surface area contributed by atoms with Crippen LogP contribution in [0, 0.1) is 6.92 Å². The molecular formula is C16H16NO2SY-. The van der Waals surface area contributed by atoms with E-state index in [0.717, 1.165) is 11.3 Å². The second-order valence-electron chi connectivity index (χ2n) is 4.89. The van der Waals surface area contributed by atoms with Crippen molar-refractivity contribution in [2.75, 3.05) is 4.31 Å². The maximum Gasteiger partial charge on any atom is 0.240 e. The van der Waals surface area contributed by atoms with Crippen LogP contribution >= 0.6 is 0 Å². The van der Waals surface area contributed by atoms with Gasteiger partial charge in [0.25, 0.3) is 0 Å². The Morgan fingerprint density at radius 1 is 1.05 bits per heavy atom. The van der Waals surface area contributed by atoms with Crippen LogP contribution in [-0.2, 0) is 49.2 Å². The molecule has 0 bridgehead atoms. The van der Waals surface area contributed by atoms with Crippen molar-refractivity contribution in [1.29, 1.82) is 0 Å². The third kappa shape index (κ3) is 2.94. The standard InChI is InChI=1S/C16H16NO2S.Y/c1-2-15-12-13-8-6-7-11-16(13)17(20(15,18)19)14-9-4-3-5-10-14;/h3-11,15H,1-2,12H2;/q-1;. The van der Waals surface area contributed by atoms with E-state index in [9.17, 15) is 8.42 Å². The number of hydrogen-bond donors (Lipinski definition) is 0. The van der Waals surface area contributed by atoms with Gasteiger partial charge < -0.3 is 6.92 Å². The van der Waals surface area contributed by atoms with E-state index in [1.54, 1.807) is 0 Å². The van der Waals surface area contributed by atoms with Gasteiger partial charge in [0, 0.05) is 32.7 Å². The van der Waals surface area contributed by atoms with Crippen LogP contribution in [0.3, 0.4) is 0 Å². The number of para-hydroxylation sites is 2. The van der Waals surface area contributed by atoms with Gasteiger partial charge in [-0.3, -0.25) is 0 Å². The fourth-order valence-electron chi connectivity index (χ4n) is 2.62. The molecule has 1 aliphatic heterocycles. The Morgan fingerprint density at radius 3 is 2.33 bits per heavy atom. The van der Waals surface area contributed by atoms with Crippen LogP contribution in [0.4, 0.5) is 11.4 Å². The molecule has 0 saturated heterocycles. The van der Waals surface area contributed by atoms with Crippen LogP contribution < -0.4 is 4.31 Å². The second kappa shape index (κ2) is 6.59. The zero-order chi connectivity index (χ0) is 14.2. The molecule has 2 aromatic rings. The van der Waals surface area contributed by atoms with E-state index in [0.29, 0.717) is 18.5 Å². The van der Waals surface area contributed by atoms with Crippen molar-refractivity contribution in [2.24, 2.45) is 0 Å². The van der Waals surface area contributed by atoms with Gasteiger partial charge in [-0.2, -0.15) is 6.42 Å². The van der Waals surface area contributed by atoms with Gasteiger partial charge in [-0.1, -0.05) is 36.4 Å². The summed E-state index contributed by atoms with van der Waals surface area (Å²) < 4.78 is 27.0. The van der Waals surface area contributed by atoms with E-state index < -0.39 is 15.3 Å². The molecule has 1 heterocycles. The zero-order valence-electron chi connectivity index (χ0n) is 11.6. The Balaban J connectivity index is 0.00000161. The average Bonchev–Trinajstić information content (AvgIpc) is 2.46. The van der Waals surface area contributed by atoms with Crippen molar-refractivity contribution < 1.29 is 41.1 Å². The van der Waals surface area contributed by atoms with Crippen LogP contribution in [0.1, 0.15) is 12.0 Å². The van der Waals surface area contributed by atoms with Gasteiger partial charge in [-0.05, 0) is 30.2 Å². The van der Waals surface area contributed by atoms with Crippen molar-refractivity contribution in [3.8, 4) is 0 Å². The summed E-state index contributed by atoms with van der Waals surface area (Å²) in [6.07, 6.45) is 0.908. The first-order chi connectivity index (χ1) is 9.64. The molecule has 1 unspecified atom stereocenters. The minimum Gasteiger partial charge on any atom is -0.342 e. The predicted octanol–water partition coefficient (Wildman–Crippen LogP) is 3.30. The molecule has 5 heteroatoms. The number of hydrogen-bond acceptors (Lipinski definition) is 2. The first-order valence-electron chi connectivity index (χ1n) is 6.61. The van der Waals surface area contributed by atoms with Crippen molar-refractivity contribution in [3.63, 3.8) is 0 Å². The van der Waals surface area contributed by atoms with Crippen LogP contribution in [0.15, 0.2) is 54.6 Å². The molecule has 1 radical (unpaired) electrons. The van der Waals surface area contributed by atoms with Crippen molar-refractivity contribution in [1.82, 2.24) is 0 Å². The molecule has 0 spiro atoms. The Morgan fingerprint density at radius 2 is 1.67 bits per heavy atom. The molecule has 0 saturated carbocycles. The van der Waals surface area contributed by atoms with E-state index in [2.05, 4.69) is 6.92 Å². The van der Waals surface area contributed by atoms with Gasteiger partial charge in [-0.25, -0.2) is 12.7 Å². The Labute approximate surface area is 151 Å². The van der Waals surface area contributed by atoms with Gasteiger partial charge in [0.05, 0.1) is 16.6 Å². The molecule has 2 aromatic carbocycles. The molecular weight excluding hydrogens is 359 g/mol. The summed E-state index contributed by atoms with van der Waals surface area (Å²) in [5.41, 5.74) is 2.49. The normalized spacial score (nSPS) is 19.5. The van der Waals surface area contributed by atoms with E-state index in [1.807, 2.05) is 54.6 Å². The molecule has 1 aliphatic rings. The monoisotopic (exact) mass is 375 g/mol. The maximum atomic E-state index is 12.8. The third-order valence-electron chi connectivity index (χ3n) is 3.65. The van der Waals surface area contributed by atoms with E-state index in [4.69, 9.17) is 0 Å². The van der Waals surface area contributed by atoms with Gasteiger partial charge >= 0.3 is 0 Å². The molecule has 0 N–H and O–H groups in total. The number of rotatable bonds is 2. The smallest absolute Gasteiger partial charge is 0.240 e. The summed E-state index contributed by atoms with van der Waals surface area (Å²) in [5, 5.41) is -0.461. The first-order valence-corrected chi connectivity index (χ1v) is 8.11. The molecule has 0 aromatic heterocycles. The minimum absolute atomic E-state index is 0. The van der Waals surface area contributed by atoms with E-state index in [1.165, 1.54) is 4.31 Å². The Hall–Kier alpha value is -0.706. The summed E-state index contributed by atoms with van der Waals surface area (Å²) in [7, 11) is -3.41. The Kier molecular flexibility index (Phi) is 5.23. The van der Waals surface area contributed by atoms with Gasteiger partial charge in [0.2, 0.25) is 10.0 Å². The number of fused-ring (bicyclic) bond motifs is 1. The van der Waals surface area contributed by atoms with E-state index in [-0.39, 0.29) is 32.7 Å². The number of nitrogens with zero attached hydrogens (tertiary/aromatic N) is 1. The maximum absolute atomic E-state index is 12.8.